The van der Waals surface area contributed by atoms with Crippen molar-refractivity contribution in [2.75, 3.05) is 10.6 Å². The molecular weight excluding hydrogens is 293 g/mol. The van der Waals surface area contributed by atoms with E-state index in [-0.39, 0.29) is 5.82 Å². The molecule has 0 bridgehead atoms. The summed E-state index contributed by atoms with van der Waals surface area (Å²) >= 11 is 0. The van der Waals surface area contributed by atoms with Crippen molar-refractivity contribution >= 4 is 17.5 Å². The first-order valence-corrected chi connectivity index (χ1v) is 7.22. The quantitative estimate of drug-likeness (QED) is 0.753. The molecule has 6 heteroatoms. The average Bonchev–Trinajstić information content (AvgIpc) is 2.57. The van der Waals surface area contributed by atoms with E-state index < -0.39 is 0 Å². The van der Waals surface area contributed by atoms with Gasteiger partial charge in [0.25, 0.3) is 0 Å². The number of anilines is 3. The van der Waals surface area contributed by atoms with Crippen molar-refractivity contribution in [1.82, 2.24) is 15.2 Å². The molecule has 0 fully saturated rings. The fourth-order valence-corrected chi connectivity index (χ4v) is 2.12. The van der Waals surface area contributed by atoms with Crippen LogP contribution in [0.5, 0.6) is 0 Å². The van der Waals surface area contributed by atoms with Crippen LogP contribution in [0.1, 0.15) is 11.1 Å². The van der Waals surface area contributed by atoms with Crippen molar-refractivity contribution in [3.63, 3.8) is 0 Å². The average molecular weight is 309 g/mol. The molecule has 2 aromatic carbocycles. The summed E-state index contributed by atoms with van der Waals surface area (Å²) in [6, 6.07) is 14.5. The van der Waals surface area contributed by atoms with Gasteiger partial charge in [-0.25, -0.2) is 4.39 Å². The third-order valence-electron chi connectivity index (χ3n) is 3.39. The standard InChI is InChI=1S/C17H16FN5/c1-12-6-2-3-7-13(12)10-19-17-22-16(11-20-23-17)21-15-9-5-4-8-14(15)18/h2-9,11H,10H2,1H3,(H2,19,21,22,23). The number of rotatable bonds is 5. The van der Waals surface area contributed by atoms with Crippen LogP contribution in [0.4, 0.5) is 21.8 Å². The maximum atomic E-state index is 13.6. The van der Waals surface area contributed by atoms with E-state index in [4.69, 9.17) is 0 Å². The van der Waals surface area contributed by atoms with Gasteiger partial charge in [0.15, 0.2) is 5.82 Å². The minimum atomic E-state index is -0.347. The van der Waals surface area contributed by atoms with Crippen LogP contribution in [0.25, 0.3) is 0 Å². The molecule has 2 N–H and O–H groups in total. The molecule has 0 radical (unpaired) electrons. The first-order chi connectivity index (χ1) is 11.2. The maximum absolute atomic E-state index is 13.6. The fraction of sp³-hybridized carbons (Fsp3) is 0.118. The molecule has 0 saturated carbocycles. The lowest BCUT2D eigenvalue weighted by Crippen LogP contribution is -2.07. The molecule has 0 aliphatic rings. The molecule has 5 nitrogen and oxygen atoms in total. The van der Waals surface area contributed by atoms with Crippen molar-refractivity contribution in [2.24, 2.45) is 0 Å². The van der Waals surface area contributed by atoms with Gasteiger partial charge in [-0.1, -0.05) is 36.4 Å². The van der Waals surface area contributed by atoms with Crippen LogP contribution in [0.15, 0.2) is 54.7 Å². The molecule has 0 amide bonds. The summed E-state index contributed by atoms with van der Waals surface area (Å²) in [5, 5.41) is 13.8. The van der Waals surface area contributed by atoms with Crippen molar-refractivity contribution in [1.29, 1.82) is 0 Å². The largest absolute Gasteiger partial charge is 0.349 e. The second-order valence-electron chi connectivity index (χ2n) is 5.05. The summed E-state index contributed by atoms with van der Waals surface area (Å²) < 4.78 is 13.6. The van der Waals surface area contributed by atoms with Crippen molar-refractivity contribution in [2.45, 2.75) is 13.5 Å². The summed E-state index contributed by atoms with van der Waals surface area (Å²) in [6.07, 6.45) is 1.45. The van der Waals surface area contributed by atoms with E-state index in [0.717, 1.165) is 5.56 Å². The Morgan fingerprint density at radius 3 is 2.65 bits per heavy atom. The Balaban J connectivity index is 1.70. The van der Waals surface area contributed by atoms with Gasteiger partial charge >= 0.3 is 0 Å². The van der Waals surface area contributed by atoms with Crippen molar-refractivity contribution < 1.29 is 4.39 Å². The highest BCUT2D eigenvalue weighted by atomic mass is 19.1. The topological polar surface area (TPSA) is 62.7 Å². The smallest absolute Gasteiger partial charge is 0.244 e. The monoisotopic (exact) mass is 309 g/mol. The molecule has 3 rings (SSSR count). The maximum Gasteiger partial charge on any atom is 0.244 e. The van der Waals surface area contributed by atoms with Gasteiger partial charge < -0.3 is 10.6 Å². The van der Waals surface area contributed by atoms with E-state index in [9.17, 15) is 4.39 Å². The zero-order valence-corrected chi connectivity index (χ0v) is 12.6. The molecule has 23 heavy (non-hydrogen) atoms. The first-order valence-electron chi connectivity index (χ1n) is 7.22. The number of hydrogen-bond donors (Lipinski definition) is 2. The molecule has 1 aromatic heterocycles. The van der Waals surface area contributed by atoms with Gasteiger partial charge in [-0.2, -0.15) is 10.1 Å². The van der Waals surface area contributed by atoms with Crippen LogP contribution in [0.2, 0.25) is 0 Å². The molecule has 0 unspecified atom stereocenters. The SMILES string of the molecule is Cc1ccccc1CNc1nncc(Nc2ccccc2F)n1. The molecule has 0 spiro atoms. The van der Waals surface area contributed by atoms with Gasteiger partial charge in [0.05, 0.1) is 11.9 Å². The fourth-order valence-electron chi connectivity index (χ4n) is 2.12. The number of hydrogen-bond acceptors (Lipinski definition) is 5. The van der Waals surface area contributed by atoms with Crippen LogP contribution in [0, 0.1) is 12.7 Å². The lowest BCUT2D eigenvalue weighted by Gasteiger charge is -2.09. The van der Waals surface area contributed by atoms with Crippen molar-refractivity contribution in [3.05, 3.63) is 71.7 Å². The van der Waals surface area contributed by atoms with Gasteiger partial charge in [-0.15, -0.1) is 5.10 Å². The number of benzene rings is 2. The zero-order chi connectivity index (χ0) is 16.1. The molecule has 3 aromatic rings. The summed E-state index contributed by atoms with van der Waals surface area (Å²) in [7, 11) is 0. The normalized spacial score (nSPS) is 10.3. The summed E-state index contributed by atoms with van der Waals surface area (Å²) in [4.78, 5) is 4.29. The van der Waals surface area contributed by atoms with Gasteiger partial charge in [0.1, 0.15) is 5.82 Å². The summed E-state index contributed by atoms with van der Waals surface area (Å²) in [6.45, 7) is 2.64. The lowest BCUT2D eigenvalue weighted by molar-refractivity contribution is 0.631. The predicted octanol–water partition coefficient (Wildman–Crippen LogP) is 3.67. The molecule has 116 valence electrons. The highest BCUT2D eigenvalue weighted by Gasteiger charge is 2.05. The first kappa shape index (κ1) is 14.9. The van der Waals surface area contributed by atoms with Crippen LogP contribution in [0.3, 0.4) is 0 Å². The van der Waals surface area contributed by atoms with E-state index in [1.54, 1.807) is 18.2 Å². The highest BCUT2D eigenvalue weighted by Crippen LogP contribution is 2.18. The van der Waals surface area contributed by atoms with E-state index >= 15 is 0 Å². The van der Waals surface area contributed by atoms with Gasteiger partial charge in [0, 0.05) is 6.54 Å². The predicted molar refractivity (Wildman–Crippen MR) is 88.0 cm³/mol. The number of nitrogens with one attached hydrogen (secondary N) is 2. The van der Waals surface area contributed by atoms with Crippen LogP contribution < -0.4 is 10.6 Å². The van der Waals surface area contributed by atoms with Crippen molar-refractivity contribution in [3.8, 4) is 0 Å². The van der Waals surface area contributed by atoms with Gasteiger partial charge in [-0.3, -0.25) is 0 Å². The number of aromatic nitrogens is 3. The number of aryl methyl sites for hydroxylation is 1. The second-order valence-corrected chi connectivity index (χ2v) is 5.05. The number of para-hydroxylation sites is 1. The molecular formula is C17H16FN5. The van der Waals surface area contributed by atoms with Gasteiger partial charge in [-0.05, 0) is 30.2 Å². The summed E-state index contributed by atoms with van der Waals surface area (Å²) in [5.74, 6) is 0.465. The van der Waals surface area contributed by atoms with E-state index in [1.807, 2.05) is 31.2 Å². The van der Waals surface area contributed by atoms with E-state index in [1.165, 1.54) is 17.8 Å². The van der Waals surface area contributed by atoms with Crippen LogP contribution in [-0.4, -0.2) is 15.2 Å². The van der Waals surface area contributed by atoms with Crippen LogP contribution in [-0.2, 0) is 6.54 Å². The minimum absolute atomic E-state index is 0.345. The molecule has 1 heterocycles. The molecule has 0 saturated heterocycles. The Bertz CT molecular complexity index is 806. The third kappa shape index (κ3) is 3.79. The van der Waals surface area contributed by atoms with E-state index in [2.05, 4.69) is 25.8 Å². The number of nitrogens with zero attached hydrogens (tertiary/aromatic N) is 3. The van der Waals surface area contributed by atoms with Crippen LogP contribution >= 0.6 is 0 Å². The Morgan fingerprint density at radius 2 is 1.83 bits per heavy atom. The Kier molecular flexibility index (Phi) is 4.42. The third-order valence-corrected chi connectivity index (χ3v) is 3.39. The minimum Gasteiger partial charge on any atom is -0.349 e. The molecule has 0 aliphatic carbocycles. The zero-order valence-electron chi connectivity index (χ0n) is 12.6. The highest BCUT2D eigenvalue weighted by molar-refractivity contribution is 5.56. The Hall–Kier alpha value is -3.02. The van der Waals surface area contributed by atoms with Gasteiger partial charge in [0.2, 0.25) is 5.95 Å². The summed E-state index contributed by atoms with van der Waals surface area (Å²) in [5.41, 5.74) is 2.69. The second kappa shape index (κ2) is 6.83. The Morgan fingerprint density at radius 1 is 1.04 bits per heavy atom. The molecule has 0 aliphatic heterocycles. The van der Waals surface area contributed by atoms with E-state index in [0.29, 0.717) is 24.0 Å². The molecule has 0 atom stereocenters. The lowest BCUT2D eigenvalue weighted by atomic mass is 10.1. The number of halogens is 1. The Labute approximate surface area is 133 Å².